The van der Waals surface area contributed by atoms with Crippen LogP contribution in [0.2, 0.25) is 0 Å². The molecule has 142 valence electrons. The number of nitrogens with zero attached hydrogens (tertiary/aromatic N) is 3. The molecule has 0 unspecified atom stereocenters. The molecule has 2 aliphatic rings. The van der Waals surface area contributed by atoms with Gasteiger partial charge in [-0.1, -0.05) is 42.5 Å². The molecule has 0 radical (unpaired) electrons. The van der Waals surface area contributed by atoms with Gasteiger partial charge < -0.3 is 4.57 Å². The first-order chi connectivity index (χ1) is 14.1. The summed E-state index contributed by atoms with van der Waals surface area (Å²) in [6.07, 6.45) is 1.82. The molecule has 0 amide bonds. The molecular formula is C23H15FIN3O. The van der Waals surface area contributed by atoms with Crippen molar-refractivity contribution in [1.82, 2.24) is 14.3 Å². The summed E-state index contributed by atoms with van der Waals surface area (Å²) in [5.74, 6) is -0.478. The second-order valence-electron chi connectivity index (χ2n) is 6.83. The normalized spacial score (nSPS) is 11.4. The molecule has 4 nitrogen and oxygen atoms in total. The third-order valence-electron chi connectivity index (χ3n) is 4.98. The van der Waals surface area contributed by atoms with E-state index in [1.54, 1.807) is 18.2 Å². The van der Waals surface area contributed by atoms with Crippen LogP contribution >= 0.6 is 22.6 Å². The Balaban J connectivity index is 1.76. The van der Waals surface area contributed by atoms with E-state index in [1.165, 1.54) is 9.64 Å². The molecular weight excluding hydrogens is 480 g/mol. The minimum absolute atomic E-state index is 0.155. The molecule has 3 aromatic carbocycles. The molecule has 0 fully saturated rings. The van der Waals surface area contributed by atoms with Crippen molar-refractivity contribution in [3.63, 3.8) is 0 Å². The van der Waals surface area contributed by atoms with E-state index < -0.39 is 5.82 Å². The topological polar surface area (TPSA) is 39.8 Å². The van der Waals surface area contributed by atoms with Crippen LogP contribution in [-0.2, 0) is 6.54 Å². The van der Waals surface area contributed by atoms with Gasteiger partial charge in [0.15, 0.2) is 0 Å². The highest BCUT2D eigenvalue weighted by atomic mass is 127. The number of hydrogen-bond donors (Lipinski definition) is 0. The largest absolute Gasteiger partial charge is 0.342 e. The molecule has 2 aliphatic heterocycles. The van der Waals surface area contributed by atoms with Crippen LogP contribution in [0.4, 0.5) is 4.39 Å². The van der Waals surface area contributed by atoms with E-state index in [9.17, 15) is 9.18 Å². The molecule has 0 aliphatic carbocycles. The van der Waals surface area contributed by atoms with Crippen molar-refractivity contribution >= 4 is 33.5 Å². The first-order valence-electron chi connectivity index (χ1n) is 9.12. The Morgan fingerprint density at radius 1 is 0.931 bits per heavy atom. The second-order valence-corrected chi connectivity index (χ2v) is 8.08. The maximum atomic E-state index is 14.3. The van der Waals surface area contributed by atoms with Gasteiger partial charge in [-0.3, -0.25) is 4.79 Å². The lowest BCUT2D eigenvalue weighted by Crippen LogP contribution is -2.16. The van der Waals surface area contributed by atoms with Gasteiger partial charge in [0.1, 0.15) is 17.2 Å². The predicted molar refractivity (Wildman–Crippen MR) is 120 cm³/mol. The zero-order chi connectivity index (χ0) is 20.0. The van der Waals surface area contributed by atoms with Gasteiger partial charge in [-0.25, -0.2) is 4.39 Å². The van der Waals surface area contributed by atoms with Crippen LogP contribution in [0.25, 0.3) is 27.8 Å². The van der Waals surface area contributed by atoms with Crippen LogP contribution in [-0.4, -0.2) is 14.3 Å². The van der Waals surface area contributed by atoms with Crippen molar-refractivity contribution in [2.45, 2.75) is 6.54 Å². The molecule has 0 N–H and O–H groups in total. The molecule has 0 saturated carbocycles. The quantitative estimate of drug-likeness (QED) is 0.328. The highest BCUT2D eigenvalue weighted by Crippen LogP contribution is 2.29. The Morgan fingerprint density at radius 3 is 2.45 bits per heavy atom. The summed E-state index contributed by atoms with van der Waals surface area (Å²) >= 11 is 2.28. The standard InChI is InChI=1S/C23H15FIN3O/c24-19-6-2-4-8-21(19)28-23(29)18-14-27(13-15-9-11-16(25)12-10-15)20-7-3-1-5-17(20)22(18)26-28/h1-12,14H,13H2. The van der Waals surface area contributed by atoms with E-state index in [0.717, 1.165) is 21.1 Å². The lowest BCUT2D eigenvalue weighted by Gasteiger charge is -2.14. The summed E-state index contributed by atoms with van der Waals surface area (Å²) in [4.78, 5) is 13.1. The molecule has 0 spiro atoms. The van der Waals surface area contributed by atoms with Gasteiger partial charge in [-0.05, 0) is 58.5 Å². The summed E-state index contributed by atoms with van der Waals surface area (Å²) in [6.45, 7) is 0.623. The Labute approximate surface area is 179 Å². The minimum atomic E-state index is -0.478. The fourth-order valence-corrected chi connectivity index (χ4v) is 3.94. The fourth-order valence-electron chi connectivity index (χ4n) is 3.58. The van der Waals surface area contributed by atoms with Crippen molar-refractivity contribution in [3.8, 4) is 16.9 Å². The predicted octanol–water partition coefficient (Wildman–Crippen LogP) is 5.08. The highest BCUT2D eigenvalue weighted by Gasteiger charge is 2.21. The van der Waals surface area contributed by atoms with E-state index in [0.29, 0.717) is 17.8 Å². The zero-order valence-corrected chi connectivity index (χ0v) is 17.4. The van der Waals surface area contributed by atoms with Crippen LogP contribution in [0.5, 0.6) is 0 Å². The number of fused-ring (bicyclic) bond motifs is 3. The molecule has 2 heterocycles. The highest BCUT2D eigenvalue weighted by molar-refractivity contribution is 14.1. The van der Waals surface area contributed by atoms with Gasteiger partial charge in [0.2, 0.25) is 0 Å². The summed E-state index contributed by atoms with van der Waals surface area (Å²) in [5.41, 5.74) is 2.98. The number of aromatic nitrogens is 3. The molecule has 0 atom stereocenters. The van der Waals surface area contributed by atoms with Crippen LogP contribution < -0.4 is 5.56 Å². The number of hydrogen-bond acceptors (Lipinski definition) is 2. The van der Waals surface area contributed by atoms with Crippen molar-refractivity contribution in [3.05, 3.63) is 104 Å². The number of benzene rings is 3. The number of pyridine rings is 1. The van der Waals surface area contributed by atoms with E-state index >= 15 is 0 Å². The van der Waals surface area contributed by atoms with Crippen LogP contribution in [0, 0.1) is 9.39 Å². The Bertz CT molecular complexity index is 1370. The van der Waals surface area contributed by atoms with Crippen molar-refractivity contribution in [2.24, 2.45) is 0 Å². The van der Waals surface area contributed by atoms with E-state index in [2.05, 4.69) is 56.5 Å². The SMILES string of the molecule is O=c1c2cn(Cc3ccc(I)cc3)c3ccccc3c-2nn1-c1ccccc1F. The number of rotatable bonds is 3. The summed E-state index contributed by atoms with van der Waals surface area (Å²) in [6, 6.07) is 22.3. The molecule has 3 aromatic rings. The fraction of sp³-hybridized carbons (Fsp3) is 0.0435. The van der Waals surface area contributed by atoms with Gasteiger partial charge in [0, 0.05) is 21.7 Å². The van der Waals surface area contributed by atoms with Crippen LogP contribution in [0.15, 0.2) is 83.8 Å². The molecule has 0 bridgehead atoms. The average Bonchev–Trinajstić information content (AvgIpc) is 3.07. The summed E-state index contributed by atoms with van der Waals surface area (Å²) < 4.78 is 18.7. The number of para-hydroxylation sites is 2. The minimum Gasteiger partial charge on any atom is -0.342 e. The molecule has 0 aromatic heterocycles. The van der Waals surface area contributed by atoms with E-state index in [4.69, 9.17) is 0 Å². The summed E-state index contributed by atoms with van der Waals surface area (Å²) in [7, 11) is 0. The smallest absolute Gasteiger partial charge is 0.282 e. The second kappa shape index (κ2) is 7.11. The maximum absolute atomic E-state index is 14.3. The molecule has 5 rings (SSSR count). The van der Waals surface area contributed by atoms with Crippen LogP contribution in [0.3, 0.4) is 0 Å². The van der Waals surface area contributed by atoms with Crippen LogP contribution in [0.1, 0.15) is 5.56 Å². The van der Waals surface area contributed by atoms with Gasteiger partial charge in [0.05, 0.1) is 11.1 Å². The van der Waals surface area contributed by atoms with E-state index in [1.807, 2.05) is 30.5 Å². The average molecular weight is 495 g/mol. The molecule has 0 saturated heterocycles. The van der Waals surface area contributed by atoms with Crippen molar-refractivity contribution in [1.29, 1.82) is 0 Å². The third-order valence-corrected chi connectivity index (χ3v) is 5.70. The van der Waals surface area contributed by atoms with Gasteiger partial charge in [-0.15, -0.1) is 0 Å². The zero-order valence-electron chi connectivity index (χ0n) is 15.2. The lowest BCUT2D eigenvalue weighted by atomic mass is 10.1. The third kappa shape index (κ3) is 3.13. The van der Waals surface area contributed by atoms with E-state index in [-0.39, 0.29) is 11.2 Å². The van der Waals surface area contributed by atoms with Crippen molar-refractivity contribution in [2.75, 3.05) is 0 Å². The van der Waals surface area contributed by atoms with Crippen molar-refractivity contribution < 1.29 is 4.39 Å². The monoisotopic (exact) mass is 495 g/mol. The van der Waals surface area contributed by atoms with Gasteiger partial charge in [0.25, 0.3) is 5.56 Å². The Morgan fingerprint density at radius 2 is 1.66 bits per heavy atom. The first-order valence-corrected chi connectivity index (χ1v) is 10.2. The van der Waals surface area contributed by atoms with Gasteiger partial charge in [-0.2, -0.15) is 9.78 Å². The molecule has 29 heavy (non-hydrogen) atoms. The number of halogens is 2. The Hall–Kier alpha value is -3.00. The maximum Gasteiger partial charge on any atom is 0.282 e. The Kier molecular flexibility index (Phi) is 4.43. The van der Waals surface area contributed by atoms with Gasteiger partial charge >= 0.3 is 0 Å². The summed E-state index contributed by atoms with van der Waals surface area (Å²) in [5, 5.41) is 5.34. The molecule has 6 heteroatoms. The first kappa shape index (κ1) is 18.1. The lowest BCUT2D eigenvalue weighted by molar-refractivity contribution is 0.609.